The van der Waals surface area contributed by atoms with Crippen molar-refractivity contribution in [3.8, 4) is 11.5 Å². The molecule has 1 N–H and O–H groups in total. The molecule has 1 heterocycles. The van der Waals surface area contributed by atoms with Gasteiger partial charge >= 0.3 is 29.8 Å². The zero-order valence-corrected chi connectivity index (χ0v) is 19.7. The molecule has 1 aromatic rings. The Morgan fingerprint density at radius 1 is 0.829 bits per heavy atom. The number of carbonyl (C=O) groups is 5. The van der Waals surface area contributed by atoms with Crippen LogP contribution in [0, 0.1) is 0 Å². The third-order valence-corrected chi connectivity index (χ3v) is 4.60. The summed E-state index contributed by atoms with van der Waals surface area (Å²) >= 11 is 0. The molecule has 0 radical (unpaired) electrons. The van der Waals surface area contributed by atoms with Crippen molar-refractivity contribution in [2.75, 3.05) is 13.7 Å². The van der Waals surface area contributed by atoms with Crippen molar-refractivity contribution >= 4 is 29.8 Å². The number of hydrogen-bond acceptors (Lipinski definition) is 12. The monoisotopic (exact) mass is 498 g/mol. The van der Waals surface area contributed by atoms with Gasteiger partial charge in [-0.05, 0) is 18.2 Å². The second-order valence-corrected chi connectivity index (χ2v) is 7.36. The maximum absolute atomic E-state index is 11.9. The second-order valence-electron chi connectivity index (χ2n) is 7.36. The number of rotatable bonds is 9. The zero-order chi connectivity index (χ0) is 26.3. The number of carboxylic acid groups (broad SMARTS) is 1. The summed E-state index contributed by atoms with van der Waals surface area (Å²) < 4.78 is 37.8. The van der Waals surface area contributed by atoms with Crippen LogP contribution in [0.2, 0.25) is 0 Å². The third kappa shape index (κ3) is 7.57. The number of carboxylic acids is 1. The quantitative estimate of drug-likeness (QED) is 0.376. The first kappa shape index (κ1) is 27.4. The van der Waals surface area contributed by atoms with Crippen LogP contribution in [0.25, 0.3) is 0 Å². The first-order chi connectivity index (χ1) is 16.4. The van der Waals surface area contributed by atoms with E-state index in [1.165, 1.54) is 25.3 Å². The molecule has 2 rings (SSSR count). The van der Waals surface area contributed by atoms with Gasteiger partial charge in [0.2, 0.25) is 12.4 Å². The molecule has 1 aliphatic heterocycles. The lowest BCUT2D eigenvalue weighted by Crippen LogP contribution is -2.63. The Bertz CT molecular complexity index is 972. The van der Waals surface area contributed by atoms with Gasteiger partial charge in [0.05, 0.1) is 12.7 Å². The van der Waals surface area contributed by atoms with E-state index in [1.807, 2.05) is 0 Å². The fourth-order valence-electron chi connectivity index (χ4n) is 3.31. The van der Waals surface area contributed by atoms with Crippen LogP contribution in [0.3, 0.4) is 0 Å². The predicted octanol–water partition coefficient (Wildman–Crippen LogP) is 0.855. The molecule has 192 valence electrons. The van der Waals surface area contributed by atoms with Gasteiger partial charge in [-0.1, -0.05) is 0 Å². The third-order valence-electron chi connectivity index (χ3n) is 4.60. The van der Waals surface area contributed by atoms with Crippen molar-refractivity contribution in [1.29, 1.82) is 0 Å². The molecule has 13 heteroatoms. The summed E-state index contributed by atoms with van der Waals surface area (Å²) in [7, 11) is 1.28. The number of hydrogen-bond donors (Lipinski definition) is 1. The lowest BCUT2D eigenvalue weighted by atomic mass is 9.98. The van der Waals surface area contributed by atoms with E-state index in [0.717, 1.165) is 27.7 Å². The second kappa shape index (κ2) is 12.0. The Labute approximate surface area is 200 Å². The molecular weight excluding hydrogens is 472 g/mol. The normalized spacial score (nSPS) is 23.4. The standard InChI is InChI=1S/C22H26O13/c1-10(23)30-9-17-18(31-11(2)24)19(32-12(3)25)20(33-13(4)26)22(35-17)34-15-7-6-14(21(27)28)8-16(15)29-5/h6-8,17-20,22H,9H2,1-5H3,(H,27,28)/t17-,18+,19+,20+,22?/m1/s1. The summed E-state index contributed by atoms with van der Waals surface area (Å²) in [6.45, 7) is 4.02. The molecule has 0 amide bonds. The average Bonchev–Trinajstić information content (AvgIpc) is 2.75. The topological polar surface area (TPSA) is 170 Å². The van der Waals surface area contributed by atoms with Gasteiger partial charge in [0.25, 0.3) is 0 Å². The largest absolute Gasteiger partial charge is 0.493 e. The molecular formula is C22H26O13. The van der Waals surface area contributed by atoms with Crippen LogP contribution in [-0.4, -0.2) is 79.4 Å². The van der Waals surface area contributed by atoms with Gasteiger partial charge in [0.15, 0.2) is 23.7 Å². The van der Waals surface area contributed by atoms with E-state index in [4.69, 9.17) is 33.2 Å². The van der Waals surface area contributed by atoms with Crippen molar-refractivity contribution < 1.29 is 62.2 Å². The lowest BCUT2D eigenvalue weighted by Gasteiger charge is -2.44. The molecule has 0 spiro atoms. The Morgan fingerprint density at radius 3 is 1.91 bits per heavy atom. The highest BCUT2D eigenvalue weighted by atomic mass is 16.7. The van der Waals surface area contributed by atoms with Gasteiger partial charge in [-0.2, -0.15) is 0 Å². The Morgan fingerprint density at radius 2 is 1.40 bits per heavy atom. The number of aromatic carboxylic acids is 1. The number of ether oxygens (including phenoxy) is 7. The van der Waals surface area contributed by atoms with Crippen molar-refractivity contribution in [2.45, 2.75) is 58.4 Å². The molecule has 0 saturated carbocycles. The number of methoxy groups -OCH3 is 1. The molecule has 13 nitrogen and oxygen atoms in total. The van der Waals surface area contributed by atoms with Crippen LogP contribution in [-0.2, 0) is 42.9 Å². The Hall–Kier alpha value is -3.87. The van der Waals surface area contributed by atoms with E-state index in [2.05, 4.69) is 0 Å². The van der Waals surface area contributed by atoms with Crippen LogP contribution < -0.4 is 9.47 Å². The minimum absolute atomic E-state index is 0.00148. The number of esters is 4. The molecule has 0 bridgehead atoms. The van der Waals surface area contributed by atoms with Crippen LogP contribution in [0.15, 0.2) is 18.2 Å². The molecule has 1 aromatic carbocycles. The van der Waals surface area contributed by atoms with Gasteiger partial charge in [-0.15, -0.1) is 0 Å². The molecule has 0 aliphatic carbocycles. The van der Waals surface area contributed by atoms with E-state index in [9.17, 15) is 29.1 Å². The van der Waals surface area contributed by atoms with Gasteiger partial charge in [-0.25, -0.2) is 4.79 Å². The van der Waals surface area contributed by atoms with Crippen LogP contribution >= 0.6 is 0 Å². The summed E-state index contributed by atoms with van der Waals surface area (Å²) in [5, 5.41) is 9.21. The highest BCUT2D eigenvalue weighted by molar-refractivity contribution is 5.88. The fourth-order valence-corrected chi connectivity index (χ4v) is 3.31. The molecule has 35 heavy (non-hydrogen) atoms. The van der Waals surface area contributed by atoms with Crippen molar-refractivity contribution in [3.05, 3.63) is 23.8 Å². The summed E-state index contributed by atoms with van der Waals surface area (Å²) in [6.07, 6.45) is -6.88. The van der Waals surface area contributed by atoms with Crippen molar-refractivity contribution in [3.63, 3.8) is 0 Å². The van der Waals surface area contributed by atoms with E-state index < -0.39 is 67.2 Å². The van der Waals surface area contributed by atoms with Gasteiger partial charge in [-0.3, -0.25) is 19.2 Å². The molecule has 5 atom stereocenters. The zero-order valence-electron chi connectivity index (χ0n) is 19.7. The molecule has 1 aliphatic rings. The van der Waals surface area contributed by atoms with Crippen LogP contribution in [0.4, 0.5) is 0 Å². The molecule has 1 saturated heterocycles. The first-order valence-corrected chi connectivity index (χ1v) is 10.3. The Kier molecular flexibility index (Phi) is 9.40. The van der Waals surface area contributed by atoms with Gasteiger partial charge in [0, 0.05) is 27.7 Å². The highest BCUT2D eigenvalue weighted by Crippen LogP contribution is 2.34. The lowest BCUT2D eigenvalue weighted by molar-refractivity contribution is -0.288. The molecule has 0 aromatic heterocycles. The first-order valence-electron chi connectivity index (χ1n) is 10.3. The van der Waals surface area contributed by atoms with E-state index in [-0.39, 0.29) is 17.1 Å². The summed E-state index contributed by atoms with van der Waals surface area (Å²) in [5.74, 6) is -4.21. The summed E-state index contributed by atoms with van der Waals surface area (Å²) in [4.78, 5) is 58.2. The molecule has 1 unspecified atom stereocenters. The van der Waals surface area contributed by atoms with E-state index in [0.29, 0.717) is 0 Å². The Balaban J connectivity index is 2.52. The van der Waals surface area contributed by atoms with Crippen molar-refractivity contribution in [1.82, 2.24) is 0 Å². The van der Waals surface area contributed by atoms with Crippen molar-refractivity contribution in [2.24, 2.45) is 0 Å². The maximum atomic E-state index is 11.9. The highest BCUT2D eigenvalue weighted by Gasteiger charge is 2.53. The van der Waals surface area contributed by atoms with Gasteiger partial charge < -0.3 is 38.3 Å². The maximum Gasteiger partial charge on any atom is 0.335 e. The number of benzene rings is 1. The van der Waals surface area contributed by atoms with E-state index in [1.54, 1.807) is 0 Å². The minimum atomic E-state index is -1.49. The SMILES string of the molecule is COc1cc(C(=O)O)ccc1OC1O[C@H](COC(C)=O)[C@H](OC(C)=O)[C@H](OC(C)=O)[C@@H]1OC(C)=O. The summed E-state index contributed by atoms with van der Waals surface area (Å²) in [6, 6.07) is 3.73. The van der Waals surface area contributed by atoms with Crippen LogP contribution in [0.1, 0.15) is 38.1 Å². The predicted molar refractivity (Wildman–Crippen MR) is 113 cm³/mol. The van der Waals surface area contributed by atoms with Gasteiger partial charge in [0.1, 0.15) is 12.7 Å². The fraction of sp³-hybridized carbons (Fsp3) is 0.500. The average molecular weight is 498 g/mol. The summed E-state index contributed by atoms with van der Waals surface area (Å²) in [5.41, 5.74) is -0.0873. The molecule has 1 fully saturated rings. The minimum Gasteiger partial charge on any atom is -0.493 e. The van der Waals surface area contributed by atoms with E-state index >= 15 is 0 Å². The van der Waals surface area contributed by atoms with Crippen LogP contribution in [0.5, 0.6) is 11.5 Å². The smallest absolute Gasteiger partial charge is 0.335 e. The number of carbonyl (C=O) groups excluding carboxylic acids is 4.